The van der Waals surface area contributed by atoms with Gasteiger partial charge in [0.2, 0.25) is 5.88 Å². The number of hydrogen-bond donors (Lipinski definition) is 1. The molecule has 3 nitrogen and oxygen atoms in total. The van der Waals surface area contributed by atoms with Crippen LogP contribution in [-0.4, -0.2) is 11.5 Å². The normalized spacial score (nSPS) is 10.8. The van der Waals surface area contributed by atoms with Gasteiger partial charge in [-0.25, -0.2) is 4.98 Å². The largest absolute Gasteiger partial charge is 0.438 e. The van der Waals surface area contributed by atoms with E-state index in [4.69, 9.17) is 4.74 Å². The van der Waals surface area contributed by atoms with E-state index in [9.17, 15) is 0 Å². The van der Waals surface area contributed by atoms with E-state index in [-0.39, 0.29) is 0 Å². The molecule has 0 atom stereocenters. The molecule has 0 unspecified atom stereocenters. The van der Waals surface area contributed by atoms with E-state index in [1.807, 2.05) is 6.92 Å². The lowest BCUT2D eigenvalue weighted by molar-refractivity contribution is 0.451. The van der Waals surface area contributed by atoms with E-state index < -0.39 is 0 Å². The highest BCUT2D eigenvalue weighted by Gasteiger charge is 2.13. The van der Waals surface area contributed by atoms with Crippen molar-refractivity contribution in [3.8, 4) is 11.6 Å². The summed E-state index contributed by atoms with van der Waals surface area (Å²) in [5.74, 6) is 1.61. The first-order chi connectivity index (χ1) is 11.4. The molecule has 0 amide bonds. The van der Waals surface area contributed by atoms with Crippen molar-refractivity contribution in [1.29, 1.82) is 0 Å². The minimum atomic E-state index is 0.697. The third kappa shape index (κ3) is 4.50. The van der Waals surface area contributed by atoms with Gasteiger partial charge in [0.1, 0.15) is 5.75 Å². The van der Waals surface area contributed by atoms with Crippen LogP contribution in [0.1, 0.15) is 54.1 Å². The summed E-state index contributed by atoms with van der Waals surface area (Å²) in [5, 5.41) is 3.53. The number of aryl methyl sites for hydroxylation is 4. The standard InChI is InChI=1S/C21H30N2O/c1-7-8-9-10-22-19-13-17(5)23-21(18(19)6)24-20-15(3)11-14(2)12-16(20)4/h11-13H,7-10H2,1-6H3,(H,22,23). The second kappa shape index (κ2) is 8.18. The van der Waals surface area contributed by atoms with Gasteiger partial charge in [0, 0.05) is 23.5 Å². The maximum Gasteiger partial charge on any atom is 0.224 e. The van der Waals surface area contributed by atoms with Gasteiger partial charge in [-0.1, -0.05) is 37.5 Å². The number of anilines is 1. The Labute approximate surface area is 146 Å². The van der Waals surface area contributed by atoms with Crippen molar-refractivity contribution in [2.75, 3.05) is 11.9 Å². The summed E-state index contributed by atoms with van der Waals surface area (Å²) in [6.07, 6.45) is 3.67. The molecule has 0 saturated carbocycles. The number of rotatable bonds is 7. The molecule has 0 fully saturated rings. The maximum atomic E-state index is 6.22. The molecule has 2 aromatic rings. The molecule has 0 saturated heterocycles. The predicted octanol–water partition coefficient (Wildman–Crippen LogP) is 6.02. The van der Waals surface area contributed by atoms with E-state index in [0.29, 0.717) is 5.88 Å². The van der Waals surface area contributed by atoms with Gasteiger partial charge in [0.15, 0.2) is 0 Å². The van der Waals surface area contributed by atoms with Crippen LogP contribution >= 0.6 is 0 Å². The van der Waals surface area contributed by atoms with Gasteiger partial charge in [0.25, 0.3) is 0 Å². The Bertz CT molecular complexity index is 684. The lowest BCUT2D eigenvalue weighted by atomic mass is 10.1. The number of ether oxygens (including phenoxy) is 1. The summed E-state index contributed by atoms with van der Waals surface area (Å²) >= 11 is 0. The average molecular weight is 326 g/mol. The molecule has 3 heteroatoms. The van der Waals surface area contributed by atoms with Gasteiger partial charge in [0.05, 0.1) is 0 Å². The number of aromatic nitrogens is 1. The van der Waals surface area contributed by atoms with Gasteiger partial charge in [-0.3, -0.25) is 0 Å². The quantitative estimate of drug-likeness (QED) is 0.632. The Morgan fingerprint density at radius 1 is 0.958 bits per heavy atom. The Hall–Kier alpha value is -2.03. The first kappa shape index (κ1) is 18.3. The molecule has 0 spiro atoms. The fourth-order valence-electron chi connectivity index (χ4n) is 3.01. The monoisotopic (exact) mass is 326 g/mol. The molecule has 24 heavy (non-hydrogen) atoms. The molecule has 0 radical (unpaired) electrons. The maximum absolute atomic E-state index is 6.22. The fraction of sp³-hybridized carbons (Fsp3) is 0.476. The van der Waals surface area contributed by atoms with Crippen LogP contribution in [0.25, 0.3) is 0 Å². The highest BCUT2D eigenvalue weighted by atomic mass is 16.5. The van der Waals surface area contributed by atoms with Crippen molar-refractivity contribution in [1.82, 2.24) is 4.98 Å². The highest BCUT2D eigenvalue weighted by molar-refractivity contribution is 5.57. The van der Waals surface area contributed by atoms with Crippen LogP contribution < -0.4 is 10.1 Å². The summed E-state index contributed by atoms with van der Waals surface area (Å²) in [6.45, 7) is 13.6. The van der Waals surface area contributed by atoms with Crippen molar-refractivity contribution in [3.05, 3.63) is 46.1 Å². The number of hydrogen-bond acceptors (Lipinski definition) is 3. The van der Waals surface area contributed by atoms with Crippen LogP contribution in [0.4, 0.5) is 5.69 Å². The fourth-order valence-corrected chi connectivity index (χ4v) is 3.01. The summed E-state index contributed by atoms with van der Waals surface area (Å²) in [7, 11) is 0. The molecule has 2 rings (SSSR count). The van der Waals surface area contributed by atoms with Crippen LogP contribution in [0.15, 0.2) is 18.2 Å². The molecule has 0 aliphatic rings. The predicted molar refractivity (Wildman–Crippen MR) is 102 cm³/mol. The Kier molecular flexibility index (Phi) is 6.24. The summed E-state index contributed by atoms with van der Waals surface area (Å²) in [6, 6.07) is 6.40. The summed E-state index contributed by atoms with van der Waals surface area (Å²) in [5.41, 5.74) is 6.70. The van der Waals surface area contributed by atoms with Gasteiger partial charge < -0.3 is 10.1 Å². The molecule has 0 aliphatic heterocycles. The van der Waals surface area contributed by atoms with Crippen molar-refractivity contribution >= 4 is 5.69 Å². The molecule has 0 bridgehead atoms. The minimum Gasteiger partial charge on any atom is -0.438 e. The van der Waals surface area contributed by atoms with Crippen LogP contribution in [0, 0.1) is 34.6 Å². The lowest BCUT2D eigenvalue weighted by Crippen LogP contribution is -2.06. The number of unbranched alkanes of at least 4 members (excludes halogenated alkanes) is 2. The number of benzene rings is 1. The van der Waals surface area contributed by atoms with Crippen LogP contribution in [-0.2, 0) is 0 Å². The molecule has 130 valence electrons. The van der Waals surface area contributed by atoms with Gasteiger partial charge in [-0.2, -0.15) is 0 Å². The molecule has 1 aromatic carbocycles. The first-order valence-corrected chi connectivity index (χ1v) is 8.90. The van der Waals surface area contributed by atoms with Crippen LogP contribution in [0.2, 0.25) is 0 Å². The van der Waals surface area contributed by atoms with Gasteiger partial charge >= 0.3 is 0 Å². The van der Waals surface area contributed by atoms with Crippen molar-refractivity contribution in [2.45, 2.75) is 60.8 Å². The van der Waals surface area contributed by atoms with E-state index in [2.05, 4.69) is 63.1 Å². The second-order valence-corrected chi connectivity index (χ2v) is 6.71. The summed E-state index contributed by atoms with van der Waals surface area (Å²) < 4.78 is 6.22. The van der Waals surface area contributed by atoms with E-state index in [1.54, 1.807) is 0 Å². The first-order valence-electron chi connectivity index (χ1n) is 8.90. The third-order valence-corrected chi connectivity index (χ3v) is 4.26. The van der Waals surface area contributed by atoms with Crippen molar-refractivity contribution in [2.24, 2.45) is 0 Å². The zero-order valence-corrected chi connectivity index (χ0v) is 15.9. The smallest absolute Gasteiger partial charge is 0.224 e. The second-order valence-electron chi connectivity index (χ2n) is 6.71. The number of pyridine rings is 1. The van der Waals surface area contributed by atoms with E-state index in [0.717, 1.165) is 40.4 Å². The Balaban J connectivity index is 2.26. The molecule has 0 aliphatic carbocycles. The van der Waals surface area contributed by atoms with Crippen LogP contribution in [0.5, 0.6) is 11.6 Å². The van der Waals surface area contributed by atoms with E-state index >= 15 is 0 Å². The Morgan fingerprint density at radius 2 is 1.62 bits per heavy atom. The number of nitrogens with zero attached hydrogens (tertiary/aromatic N) is 1. The molecule has 1 N–H and O–H groups in total. The van der Waals surface area contributed by atoms with Gasteiger partial charge in [-0.05, 0) is 58.2 Å². The van der Waals surface area contributed by atoms with Crippen molar-refractivity contribution in [3.63, 3.8) is 0 Å². The average Bonchev–Trinajstić information content (AvgIpc) is 2.51. The number of nitrogens with one attached hydrogen (secondary N) is 1. The highest BCUT2D eigenvalue weighted by Crippen LogP contribution is 2.33. The zero-order valence-electron chi connectivity index (χ0n) is 15.9. The molecule has 1 aromatic heterocycles. The minimum absolute atomic E-state index is 0.697. The molecular formula is C21H30N2O. The summed E-state index contributed by atoms with van der Waals surface area (Å²) in [4.78, 5) is 4.62. The third-order valence-electron chi connectivity index (χ3n) is 4.26. The van der Waals surface area contributed by atoms with Crippen molar-refractivity contribution < 1.29 is 4.74 Å². The molecular weight excluding hydrogens is 296 g/mol. The molecule has 1 heterocycles. The topological polar surface area (TPSA) is 34.2 Å². The van der Waals surface area contributed by atoms with Crippen LogP contribution in [0.3, 0.4) is 0 Å². The van der Waals surface area contributed by atoms with E-state index in [1.165, 1.54) is 24.8 Å². The Morgan fingerprint density at radius 3 is 2.25 bits per heavy atom. The SMILES string of the molecule is CCCCCNc1cc(C)nc(Oc2c(C)cc(C)cc2C)c1C. The lowest BCUT2D eigenvalue weighted by Gasteiger charge is -2.17. The zero-order chi connectivity index (χ0) is 17.7. The van der Waals surface area contributed by atoms with Gasteiger partial charge in [-0.15, -0.1) is 0 Å².